The van der Waals surface area contributed by atoms with E-state index in [2.05, 4.69) is 20.8 Å². The molecule has 154 valence electrons. The number of hydrogen-bond donors (Lipinski definition) is 2. The summed E-state index contributed by atoms with van der Waals surface area (Å²) in [6, 6.07) is 2.91. The summed E-state index contributed by atoms with van der Waals surface area (Å²) in [6.07, 6.45) is 0.523. The molecule has 0 fully saturated rings. The summed E-state index contributed by atoms with van der Waals surface area (Å²) in [4.78, 5) is 29.9. The zero-order valence-electron chi connectivity index (χ0n) is 17.5. The molecule has 0 saturated heterocycles. The first-order chi connectivity index (χ1) is 13.7. The molecule has 1 atom stereocenters. The van der Waals surface area contributed by atoms with Crippen LogP contribution in [0.25, 0.3) is 22.4 Å². The van der Waals surface area contributed by atoms with Crippen molar-refractivity contribution in [3.63, 3.8) is 0 Å². The van der Waals surface area contributed by atoms with Gasteiger partial charge in [0.2, 0.25) is 5.91 Å². The molecule has 1 unspecified atom stereocenters. The van der Waals surface area contributed by atoms with Crippen molar-refractivity contribution in [3.8, 4) is 11.3 Å². The lowest BCUT2D eigenvalue weighted by molar-refractivity contribution is -0.122. The molecule has 3 heterocycles. The summed E-state index contributed by atoms with van der Waals surface area (Å²) in [5.74, 6) is 1.06. The van der Waals surface area contributed by atoms with E-state index in [1.807, 2.05) is 33.8 Å². The summed E-state index contributed by atoms with van der Waals surface area (Å²) < 4.78 is 10.9. The third-order valence-electron chi connectivity index (χ3n) is 4.75. The Hall–Kier alpha value is -3.16. The largest absolute Gasteiger partial charge is 0.466 e. The smallest absolute Gasteiger partial charge is 0.259 e. The Morgan fingerprint density at radius 2 is 1.90 bits per heavy atom. The van der Waals surface area contributed by atoms with Gasteiger partial charge in [-0.25, -0.2) is 4.98 Å². The SMILES string of the molecule is CNC(=O)C(CC(C)C)NC(=O)c1cc(-c2cc(C)oc2C)nc2onc(C)c12. The highest BCUT2D eigenvalue weighted by molar-refractivity contribution is 6.08. The summed E-state index contributed by atoms with van der Waals surface area (Å²) in [5, 5.41) is 9.95. The number of rotatable bonds is 6. The zero-order valence-corrected chi connectivity index (χ0v) is 17.5. The van der Waals surface area contributed by atoms with Crippen LogP contribution in [0.5, 0.6) is 0 Å². The van der Waals surface area contributed by atoms with Crippen molar-refractivity contribution in [3.05, 3.63) is 34.9 Å². The summed E-state index contributed by atoms with van der Waals surface area (Å²) in [6.45, 7) is 9.44. The van der Waals surface area contributed by atoms with Crippen molar-refractivity contribution >= 4 is 22.9 Å². The first-order valence-corrected chi connectivity index (χ1v) is 9.58. The van der Waals surface area contributed by atoms with Crippen molar-refractivity contribution in [2.45, 2.75) is 47.1 Å². The third kappa shape index (κ3) is 4.16. The van der Waals surface area contributed by atoms with Crippen molar-refractivity contribution < 1.29 is 18.5 Å². The van der Waals surface area contributed by atoms with Crippen molar-refractivity contribution in [1.29, 1.82) is 0 Å². The van der Waals surface area contributed by atoms with Gasteiger partial charge in [-0.15, -0.1) is 0 Å². The molecule has 3 aromatic rings. The second kappa shape index (κ2) is 8.06. The van der Waals surface area contributed by atoms with Crippen LogP contribution in [0.2, 0.25) is 0 Å². The molecule has 8 nitrogen and oxygen atoms in total. The van der Waals surface area contributed by atoms with Crippen LogP contribution in [0, 0.1) is 26.7 Å². The van der Waals surface area contributed by atoms with E-state index >= 15 is 0 Å². The fourth-order valence-corrected chi connectivity index (χ4v) is 3.41. The quantitative estimate of drug-likeness (QED) is 0.659. The number of pyridine rings is 1. The number of aromatic nitrogens is 2. The van der Waals surface area contributed by atoms with Crippen LogP contribution < -0.4 is 10.6 Å². The van der Waals surface area contributed by atoms with Crippen LogP contribution in [0.3, 0.4) is 0 Å². The van der Waals surface area contributed by atoms with Gasteiger partial charge in [0, 0.05) is 12.6 Å². The van der Waals surface area contributed by atoms with E-state index in [9.17, 15) is 9.59 Å². The Morgan fingerprint density at radius 3 is 2.48 bits per heavy atom. The van der Waals surface area contributed by atoms with Crippen molar-refractivity contribution in [2.75, 3.05) is 7.05 Å². The maximum Gasteiger partial charge on any atom is 0.259 e. The van der Waals surface area contributed by atoms with E-state index in [-0.39, 0.29) is 23.4 Å². The highest BCUT2D eigenvalue weighted by atomic mass is 16.5. The van der Waals surface area contributed by atoms with Crippen LogP contribution in [0.15, 0.2) is 21.1 Å². The Kier molecular flexibility index (Phi) is 5.72. The number of nitrogens with one attached hydrogen (secondary N) is 2. The molecule has 2 N–H and O–H groups in total. The van der Waals surface area contributed by atoms with Crippen LogP contribution in [-0.2, 0) is 4.79 Å². The highest BCUT2D eigenvalue weighted by Crippen LogP contribution is 2.30. The first-order valence-electron chi connectivity index (χ1n) is 9.58. The average molecular weight is 398 g/mol. The van der Waals surface area contributed by atoms with Gasteiger partial charge in [0.15, 0.2) is 0 Å². The van der Waals surface area contributed by atoms with Gasteiger partial charge in [0.1, 0.15) is 17.6 Å². The molecule has 3 rings (SSSR count). The molecule has 3 aromatic heterocycles. The monoisotopic (exact) mass is 398 g/mol. The lowest BCUT2D eigenvalue weighted by Gasteiger charge is -2.19. The number of aryl methyl sites for hydroxylation is 3. The van der Waals surface area contributed by atoms with Gasteiger partial charge in [-0.2, -0.15) is 0 Å². The Labute approximate surface area is 169 Å². The molecule has 0 saturated carbocycles. The fraction of sp³-hybridized carbons (Fsp3) is 0.429. The zero-order chi connectivity index (χ0) is 21.3. The molecule has 0 radical (unpaired) electrons. The van der Waals surface area contributed by atoms with Crippen LogP contribution >= 0.6 is 0 Å². The van der Waals surface area contributed by atoms with E-state index in [1.165, 1.54) is 0 Å². The molecule has 8 heteroatoms. The second-order valence-corrected chi connectivity index (χ2v) is 7.60. The third-order valence-corrected chi connectivity index (χ3v) is 4.75. The molecule has 0 aliphatic rings. The number of nitrogens with zero attached hydrogens (tertiary/aromatic N) is 2. The van der Waals surface area contributed by atoms with Gasteiger partial charge >= 0.3 is 0 Å². The molecular formula is C21H26N4O4. The molecule has 0 aromatic carbocycles. The number of carbonyl (C=O) groups excluding carboxylic acids is 2. The second-order valence-electron chi connectivity index (χ2n) is 7.60. The summed E-state index contributed by atoms with van der Waals surface area (Å²) in [5.41, 5.74) is 2.51. The van der Waals surface area contributed by atoms with E-state index in [0.717, 1.165) is 11.3 Å². The maximum absolute atomic E-state index is 13.2. The minimum Gasteiger partial charge on any atom is -0.466 e. The number of amides is 2. The minimum atomic E-state index is -0.641. The van der Waals surface area contributed by atoms with Gasteiger partial charge in [0.05, 0.1) is 22.3 Å². The standard InChI is InChI=1S/C21H26N4O4/c1-10(2)7-17(20(27)22-6)23-19(26)15-9-16(14-8-11(3)28-13(14)5)24-21-18(15)12(4)25-29-21/h8-10,17H,7H2,1-6H3,(H,22,27)(H,23,26). The normalized spacial score (nSPS) is 12.4. The average Bonchev–Trinajstić information content (AvgIpc) is 3.20. The van der Waals surface area contributed by atoms with Crippen LogP contribution in [0.4, 0.5) is 0 Å². The molecule has 0 aliphatic carbocycles. The lowest BCUT2D eigenvalue weighted by atomic mass is 10.0. The molecule has 0 bridgehead atoms. The minimum absolute atomic E-state index is 0.235. The lowest BCUT2D eigenvalue weighted by Crippen LogP contribution is -2.46. The van der Waals surface area contributed by atoms with Crippen LogP contribution in [-0.4, -0.2) is 35.0 Å². The topological polar surface area (TPSA) is 110 Å². The fourth-order valence-electron chi connectivity index (χ4n) is 3.41. The molecular weight excluding hydrogens is 372 g/mol. The van der Waals surface area contributed by atoms with Gasteiger partial charge in [-0.1, -0.05) is 19.0 Å². The summed E-state index contributed by atoms with van der Waals surface area (Å²) >= 11 is 0. The molecule has 0 spiro atoms. The van der Waals surface area contributed by atoms with Gasteiger partial charge in [0.25, 0.3) is 11.6 Å². The summed E-state index contributed by atoms with van der Waals surface area (Å²) in [7, 11) is 1.55. The van der Waals surface area contributed by atoms with Crippen LogP contribution in [0.1, 0.15) is 47.8 Å². The van der Waals surface area contributed by atoms with E-state index in [4.69, 9.17) is 8.94 Å². The number of hydrogen-bond acceptors (Lipinski definition) is 6. The van der Waals surface area contributed by atoms with Gasteiger partial charge in [-0.05, 0) is 45.2 Å². The van der Waals surface area contributed by atoms with E-state index < -0.39 is 6.04 Å². The first kappa shape index (κ1) is 20.6. The van der Waals surface area contributed by atoms with Gasteiger partial charge < -0.3 is 19.6 Å². The Morgan fingerprint density at radius 1 is 1.17 bits per heavy atom. The van der Waals surface area contributed by atoms with Crippen molar-refractivity contribution in [1.82, 2.24) is 20.8 Å². The highest BCUT2D eigenvalue weighted by Gasteiger charge is 2.25. The molecule has 0 aliphatic heterocycles. The Bertz CT molecular complexity index is 1060. The number of furan rings is 1. The Balaban J connectivity index is 2.07. The maximum atomic E-state index is 13.2. The van der Waals surface area contributed by atoms with E-state index in [0.29, 0.717) is 34.5 Å². The molecule has 2 amide bonds. The van der Waals surface area contributed by atoms with Crippen molar-refractivity contribution in [2.24, 2.45) is 5.92 Å². The van der Waals surface area contributed by atoms with Gasteiger partial charge in [-0.3, -0.25) is 9.59 Å². The predicted octanol–water partition coefficient (Wildman–Crippen LogP) is 3.30. The number of fused-ring (bicyclic) bond motifs is 1. The number of likely N-dealkylation sites (N-methyl/N-ethyl adjacent to an activating group) is 1. The predicted molar refractivity (Wildman–Crippen MR) is 108 cm³/mol. The molecule has 29 heavy (non-hydrogen) atoms. The number of carbonyl (C=O) groups is 2. The van der Waals surface area contributed by atoms with E-state index in [1.54, 1.807) is 20.0 Å².